The summed E-state index contributed by atoms with van der Waals surface area (Å²) in [5.41, 5.74) is 0. The predicted octanol–water partition coefficient (Wildman–Crippen LogP) is 2.11. The van der Waals surface area contributed by atoms with Crippen LogP contribution in [0.2, 0.25) is 0 Å². The van der Waals surface area contributed by atoms with Gasteiger partial charge in [-0.3, -0.25) is 4.79 Å². The van der Waals surface area contributed by atoms with Gasteiger partial charge < -0.3 is 33.9 Å². The molecule has 0 saturated carbocycles. The lowest BCUT2D eigenvalue weighted by Crippen LogP contribution is -2.35. The molecule has 0 aromatic carbocycles. The number of carbonyl (C=O) groups is 1. The van der Waals surface area contributed by atoms with Crippen molar-refractivity contribution in [2.45, 2.75) is 46.0 Å². The van der Waals surface area contributed by atoms with Crippen LogP contribution in [0.15, 0.2) is 0 Å². The monoisotopic (exact) mass is 434 g/mol. The first-order valence-corrected chi connectivity index (χ1v) is 11.6. The van der Waals surface area contributed by atoms with Crippen LogP contribution >= 0.6 is 0 Å². The molecule has 0 fully saturated rings. The van der Waals surface area contributed by atoms with Gasteiger partial charge in [-0.2, -0.15) is 0 Å². The smallest absolute Gasteiger partial charge is 0.224 e. The molecule has 0 atom stereocenters. The van der Waals surface area contributed by atoms with Crippen molar-refractivity contribution in [2.75, 3.05) is 92.8 Å². The topological polar surface area (TPSA) is 78.5 Å². The number of amides is 1. The van der Waals surface area contributed by atoms with Crippen LogP contribution in [0.25, 0.3) is 0 Å². The van der Waals surface area contributed by atoms with Crippen LogP contribution in [0.5, 0.6) is 0 Å². The molecule has 0 saturated heterocycles. The van der Waals surface area contributed by atoms with Gasteiger partial charge in [-0.05, 0) is 39.8 Å². The first kappa shape index (κ1) is 29.2. The third kappa shape index (κ3) is 20.5. The molecule has 0 heterocycles. The van der Waals surface area contributed by atoms with Crippen LogP contribution in [0.1, 0.15) is 46.0 Å². The number of nitrogens with one attached hydrogen (secondary N) is 1. The number of unbranched alkanes of at least 4 members (excludes halogenated alkanes) is 2. The Balaban J connectivity index is 3.77. The molecule has 0 aromatic heterocycles. The fourth-order valence-electron chi connectivity index (χ4n) is 2.61. The maximum atomic E-state index is 12.5. The largest absolute Gasteiger partial charge is 0.380 e. The summed E-state index contributed by atoms with van der Waals surface area (Å²) in [5.74, 6) is 0.127. The van der Waals surface area contributed by atoms with E-state index in [4.69, 9.17) is 23.7 Å². The van der Waals surface area contributed by atoms with Crippen LogP contribution in [0.4, 0.5) is 0 Å². The molecule has 180 valence electrons. The minimum absolute atomic E-state index is 0.127. The Kier molecular flexibility index (Phi) is 23.9. The number of rotatable bonds is 24. The fourth-order valence-corrected chi connectivity index (χ4v) is 2.61. The average molecular weight is 435 g/mol. The zero-order valence-corrected chi connectivity index (χ0v) is 19.6. The number of nitrogens with zero attached hydrogens (tertiary/aromatic N) is 1. The highest BCUT2D eigenvalue weighted by Gasteiger charge is 2.13. The Bertz CT molecular complexity index is 361. The molecular weight excluding hydrogens is 388 g/mol. The van der Waals surface area contributed by atoms with Gasteiger partial charge in [0.1, 0.15) is 0 Å². The van der Waals surface area contributed by atoms with E-state index in [2.05, 4.69) is 12.2 Å². The van der Waals surface area contributed by atoms with Gasteiger partial charge in [-0.15, -0.1) is 0 Å². The van der Waals surface area contributed by atoms with E-state index < -0.39 is 0 Å². The summed E-state index contributed by atoms with van der Waals surface area (Å²) in [5, 5.41) is 3.14. The van der Waals surface area contributed by atoms with Crippen LogP contribution in [-0.2, 0) is 28.5 Å². The van der Waals surface area contributed by atoms with Gasteiger partial charge in [-0.1, -0.05) is 13.3 Å². The summed E-state index contributed by atoms with van der Waals surface area (Å²) in [7, 11) is 1.95. The second-order valence-corrected chi connectivity index (χ2v) is 6.94. The van der Waals surface area contributed by atoms with E-state index in [1.165, 1.54) is 0 Å². The normalized spacial score (nSPS) is 11.2. The lowest BCUT2D eigenvalue weighted by atomic mass is 10.2. The maximum absolute atomic E-state index is 12.5. The highest BCUT2D eigenvalue weighted by atomic mass is 16.6. The van der Waals surface area contributed by atoms with Crippen molar-refractivity contribution < 1.29 is 28.5 Å². The van der Waals surface area contributed by atoms with E-state index in [0.29, 0.717) is 72.4 Å². The van der Waals surface area contributed by atoms with Crippen molar-refractivity contribution in [3.63, 3.8) is 0 Å². The summed E-state index contributed by atoms with van der Waals surface area (Å²) in [6, 6.07) is 0. The molecule has 0 spiro atoms. The second-order valence-electron chi connectivity index (χ2n) is 6.94. The lowest BCUT2D eigenvalue weighted by Gasteiger charge is -2.23. The predicted molar refractivity (Wildman–Crippen MR) is 119 cm³/mol. The summed E-state index contributed by atoms with van der Waals surface area (Å²) in [4.78, 5) is 14.4. The number of ether oxygens (including phenoxy) is 5. The minimum Gasteiger partial charge on any atom is -0.380 e. The van der Waals surface area contributed by atoms with Crippen molar-refractivity contribution in [3.05, 3.63) is 0 Å². The number of hydrogen-bond acceptors (Lipinski definition) is 7. The third-order valence-electron chi connectivity index (χ3n) is 4.39. The molecule has 0 aliphatic heterocycles. The third-order valence-corrected chi connectivity index (χ3v) is 4.39. The van der Waals surface area contributed by atoms with Gasteiger partial charge in [0.05, 0.1) is 59.3 Å². The van der Waals surface area contributed by atoms with Crippen LogP contribution in [0, 0.1) is 0 Å². The molecule has 1 amide bonds. The highest BCUT2D eigenvalue weighted by molar-refractivity contribution is 5.76. The summed E-state index contributed by atoms with van der Waals surface area (Å²) < 4.78 is 27.2. The Morgan fingerprint density at radius 2 is 1.30 bits per heavy atom. The van der Waals surface area contributed by atoms with Gasteiger partial charge in [0, 0.05) is 26.3 Å². The van der Waals surface area contributed by atoms with Crippen molar-refractivity contribution in [1.29, 1.82) is 0 Å². The van der Waals surface area contributed by atoms with Gasteiger partial charge in [0.2, 0.25) is 5.91 Å². The van der Waals surface area contributed by atoms with E-state index in [0.717, 1.165) is 45.4 Å². The molecule has 30 heavy (non-hydrogen) atoms. The Morgan fingerprint density at radius 3 is 1.90 bits per heavy atom. The maximum Gasteiger partial charge on any atom is 0.224 e. The summed E-state index contributed by atoms with van der Waals surface area (Å²) in [6.45, 7) is 12.2. The molecule has 0 unspecified atom stereocenters. The van der Waals surface area contributed by atoms with Gasteiger partial charge >= 0.3 is 0 Å². The second kappa shape index (κ2) is 24.5. The van der Waals surface area contributed by atoms with E-state index in [1.54, 1.807) is 0 Å². The highest BCUT2D eigenvalue weighted by Crippen LogP contribution is 2.01. The summed E-state index contributed by atoms with van der Waals surface area (Å²) >= 11 is 0. The Hall–Kier alpha value is -0.770. The number of hydrogen-bond donors (Lipinski definition) is 1. The van der Waals surface area contributed by atoms with Crippen molar-refractivity contribution in [3.8, 4) is 0 Å². The Morgan fingerprint density at radius 1 is 0.700 bits per heavy atom. The molecular formula is C22H46N2O6. The van der Waals surface area contributed by atoms with Crippen molar-refractivity contribution in [1.82, 2.24) is 10.2 Å². The van der Waals surface area contributed by atoms with E-state index in [-0.39, 0.29) is 5.91 Å². The van der Waals surface area contributed by atoms with E-state index in [9.17, 15) is 4.79 Å². The molecule has 0 aliphatic carbocycles. The minimum atomic E-state index is 0.127. The molecule has 8 heteroatoms. The summed E-state index contributed by atoms with van der Waals surface area (Å²) in [6.07, 6.45) is 4.62. The molecule has 0 aromatic rings. The van der Waals surface area contributed by atoms with Gasteiger partial charge in [0.15, 0.2) is 0 Å². The number of carbonyl (C=O) groups excluding carboxylic acids is 1. The molecule has 0 radical (unpaired) electrons. The van der Waals surface area contributed by atoms with Crippen molar-refractivity contribution in [2.24, 2.45) is 0 Å². The molecule has 0 aliphatic rings. The molecule has 1 N–H and O–H groups in total. The SMILES string of the molecule is CCCCOCCN(CCCCNC)C(=O)CCOCCOCCOCCOCC. The van der Waals surface area contributed by atoms with Crippen LogP contribution in [-0.4, -0.2) is 104 Å². The average Bonchev–Trinajstić information content (AvgIpc) is 2.75. The molecule has 8 nitrogen and oxygen atoms in total. The Labute approximate surface area is 183 Å². The quantitative estimate of drug-likeness (QED) is 0.233. The van der Waals surface area contributed by atoms with E-state index >= 15 is 0 Å². The van der Waals surface area contributed by atoms with Gasteiger partial charge in [0.25, 0.3) is 0 Å². The van der Waals surface area contributed by atoms with Crippen molar-refractivity contribution >= 4 is 5.91 Å². The fraction of sp³-hybridized carbons (Fsp3) is 0.955. The standard InChI is InChI=1S/C22H46N2O6/c1-4-6-13-27-15-12-24(11-8-7-10-23-3)22(25)9-14-28-18-19-30-21-20-29-17-16-26-5-2/h23H,4-21H2,1-3H3. The first-order chi connectivity index (χ1) is 14.8. The first-order valence-electron chi connectivity index (χ1n) is 11.6. The van der Waals surface area contributed by atoms with E-state index in [1.807, 2.05) is 18.9 Å². The van der Waals surface area contributed by atoms with Crippen LogP contribution in [0.3, 0.4) is 0 Å². The molecule has 0 bridgehead atoms. The zero-order chi connectivity index (χ0) is 22.1. The van der Waals surface area contributed by atoms with Crippen LogP contribution < -0.4 is 5.32 Å². The lowest BCUT2D eigenvalue weighted by molar-refractivity contribution is -0.133. The van der Waals surface area contributed by atoms with Gasteiger partial charge in [-0.25, -0.2) is 0 Å². The molecule has 0 rings (SSSR count). The zero-order valence-electron chi connectivity index (χ0n) is 19.6.